The number of nitrogens with zero attached hydrogens (tertiary/aromatic N) is 1. The third kappa shape index (κ3) is 1.87. The summed E-state index contributed by atoms with van der Waals surface area (Å²) in [6, 6.07) is 3.48. The molecular weight excluding hydrogens is 198 g/mol. The first-order valence-corrected chi connectivity index (χ1v) is 4.76. The van der Waals surface area contributed by atoms with E-state index in [-0.39, 0.29) is 6.61 Å². The molecule has 1 aliphatic heterocycles. The molecule has 1 aromatic heterocycles. The Kier molecular flexibility index (Phi) is 2.97. The maximum Gasteiger partial charge on any atom is 0.113 e. The van der Waals surface area contributed by atoms with Crippen LogP contribution in [0.4, 0.5) is 0 Å². The average molecular weight is 211 g/mol. The third-order valence-electron chi connectivity index (χ3n) is 2.56. The van der Waals surface area contributed by atoms with Crippen molar-refractivity contribution < 1.29 is 20.1 Å². The van der Waals surface area contributed by atoms with Gasteiger partial charge in [-0.25, -0.2) is 0 Å². The second-order valence-electron chi connectivity index (χ2n) is 3.55. The van der Waals surface area contributed by atoms with Gasteiger partial charge in [0, 0.05) is 18.0 Å². The topological polar surface area (TPSA) is 82.8 Å². The summed E-state index contributed by atoms with van der Waals surface area (Å²) in [6.45, 7) is -0.311. The molecule has 4 atom stereocenters. The van der Waals surface area contributed by atoms with Crippen LogP contribution in [0.25, 0.3) is 0 Å². The standard InChI is InChI=1S/C10H13NO4/c12-5-7-8(13)9(14)10(15-7)6-2-1-3-11-4-6/h1-4,7-10,12-14H,5H2/t7-,8-,9-,10?/m1/s1. The van der Waals surface area contributed by atoms with Crippen LogP contribution in [-0.2, 0) is 4.74 Å². The van der Waals surface area contributed by atoms with Crippen molar-refractivity contribution in [1.82, 2.24) is 4.98 Å². The second-order valence-corrected chi connectivity index (χ2v) is 3.55. The number of aromatic nitrogens is 1. The molecule has 0 bridgehead atoms. The van der Waals surface area contributed by atoms with E-state index in [0.717, 1.165) is 0 Å². The number of hydrogen-bond donors (Lipinski definition) is 3. The van der Waals surface area contributed by atoms with Gasteiger partial charge in [0.05, 0.1) is 6.61 Å². The van der Waals surface area contributed by atoms with Gasteiger partial charge in [0.15, 0.2) is 0 Å². The zero-order valence-corrected chi connectivity index (χ0v) is 8.02. The van der Waals surface area contributed by atoms with Crippen molar-refractivity contribution >= 4 is 0 Å². The van der Waals surface area contributed by atoms with Crippen molar-refractivity contribution in [3.8, 4) is 0 Å². The van der Waals surface area contributed by atoms with E-state index >= 15 is 0 Å². The van der Waals surface area contributed by atoms with E-state index in [2.05, 4.69) is 4.98 Å². The fourth-order valence-electron chi connectivity index (χ4n) is 1.72. The molecule has 0 spiro atoms. The summed E-state index contributed by atoms with van der Waals surface area (Å²) in [5.41, 5.74) is 0.694. The Morgan fingerprint density at radius 2 is 2.13 bits per heavy atom. The molecule has 0 aromatic carbocycles. The van der Waals surface area contributed by atoms with Crippen LogP contribution in [0.15, 0.2) is 24.5 Å². The molecule has 0 saturated carbocycles. The van der Waals surface area contributed by atoms with E-state index in [1.807, 2.05) is 0 Å². The van der Waals surface area contributed by atoms with Crippen LogP contribution in [0.3, 0.4) is 0 Å². The Labute approximate surface area is 87.0 Å². The summed E-state index contributed by atoms with van der Waals surface area (Å²) in [5, 5.41) is 28.1. The summed E-state index contributed by atoms with van der Waals surface area (Å²) < 4.78 is 5.33. The first-order valence-electron chi connectivity index (χ1n) is 4.76. The van der Waals surface area contributed by atoms with Crippen molar-refractivity contribution in [2.24, 2.45) is 0 Å². The Bertz CT molecular complexity index is 318. The van der Waals surface area contributed by atoms with Crippen LogP contribution in [0, 0.1) is 0 Å². The lowest BCUT2D eigenvalue weighted by atomic mass is 10.0. The minimum absolute atomic E-state index is 0.311. The normalized spacial score (nSPS) is 35.7. The van der Waals surface area contributed by atoms with Gasteiger partial charge < -0.3 is 20.1 Å². The van der Waals surface area contributed by atoms with Gasteiger partial charge in [-0.15, -0.1) is 0 Å². The summed E-state index contributed by atoms with van der Waals surface area (Å²) >= 11 is 0. The molecule has 5 heteroatoms. The molecular formula is C10H13NO4. The van der Waals surface area contributed by atoms with E-state index in [9.17, 15) is 10.2 Å². The molecule has 2 rings (SSSR count). The maximum absolute atomic E-state index is 9.70. The lowest BCUT2D eigenvalue weighted by molar-refractivity contribution is -0.0228. The predicted octanol–water partition coefficient (Wildman–Crippen LogP) is -0.764. The van der Waals surface area contributed by atoms with Gasteiger partial charge in [-0.05, 0) is 6.07 Å². The van der Waals surface area contributed by atoms with Crippen molar-refractivity contribution in [1.29, 1.82) is 0 Å². The number of rotatable bonds is 2. The van der Waals surface area contributed by atoms with Gasteiger partial charge in [0.1, 0.15) is 24.4 Å². The van der Waals surface area contributed by atoms with Gasteiger partial charge in [-0.1, -0.05) is 6.07 Å². The van der Waals surface area contributed by atoms with Crippen LogP contribution in [0.5, 0.6) is 0 Å². The molecule has 15 heavy (non-hydrogen) atoms. The highest BCUT2D eigenvalue weighted by atomic mass is 16.6. The highest BCUT2D eigenvalue weighted by molar-refractivity contribution is 5.16. The smallest absolute Gasteiger partial charge is 0.113 e. The fraction of sp³-hybridized carbons (Fsp3) is 0.500. The molecule has 0 radical (unpaired) electrons. The molecule has 1 unspecified atom stereocenters. The first-order chi connectivity index (χ1) is 7.24. The van der Waals surface area contributed by atoms with Crippen molar-refractivity contribution in [2.75, 3.05) is 6.61 Å². The molecule has 1 aliphatic rings. The molecule has 1 saturated heterocycles. The number of aliphatic hydroxyl groups is 3. The van der Waals surface area contributed by atoms with E-state index in [1.165, 1.54) is 0 Å². The highest BCUT2D eigenvalue weighted by Gasteiger charge is 2.42. The largest absolute Gasteiger partial charge is 0.394 e. The van der Waals surface area contributed by atoms with Gasteiger partial charge in [-0.3, -0.25) is 4.98 Å². The third-order valence-corrected chi connectivity index (χ3v) is 2.56. The van der Waals surface area contributed by atoms with E-state index in [4.69, 9.17) is 9.84 Å². The molecule has 3 N–H and O–H groups in total. The summed E-state index contributed by atoms with van der Waals surface area (Å²) in [6.07, 6.45) is -0.242. The van der Waals surface area contributed by atoms with E-state index in [0.29, 0.717) is 5.56 Å². The minimum atomic E-state index is -1.06. The average Bonchev–Trinajstić information content (AvgIpc) is 2.57. The monoisotopic (exact) mass is 211 g/mol. The number of ether oxygens (including phenoxy) is 1. The number of hydrogen-bond acceptors (Lipinski definition) is 5. The first kappa shape index (κ1) is 10.5. The number of pyridine rings is 1. The predicted molar refractivity (Wildman–Crippen MR) is 51.0 cm³/mol. The molecule has 1 fully saturated rings. The van der Waals surface area contributed by atoms with Crippen LogP contribution < -0.4 is 0 Å². The maximum atomic E-state index is 9.70. The molecule has 1 aromatic rings. The fourth-order valence-corrected chi connectivity index (χ4v) is 1.72. The van der Waals surface area contributed by atoms with Crippen LogP contribution in [0.1, 0.15) is 11.7 Å². The Hall–Kier alpha value is -1.01. The Morgan fingerprint density at radius 1 is 1.33 bits per heavy atom. The second kappa shape index (κ2) is 4.24. The quantitative estimate of drug-likeness (QED) is 0.598. The molecule has 5 nitrogen and oxygen atoms in total. The molecule has 0 aliphatic carbocycles. The van der Waals surface area contributed by atoms with Crippen LogP contribution in [-0.4, -0.2) is 45.2 Å². The lowest BCUT2D eigenvalue weighted by Gasteiger charge is -2.13. The van der Waals surface area contributed by atoms with E-state index < -0.39 is 24.4 Å². The minimum Gasteiger partial charge on any atom is -0.394 e. The zero-order valence-electron chi connectivity index (χ0n) is 8.02. The van der Waals surface area contributed by atoms with Gasteiger partial charge in [0.2, 0.25) is 0 Å². The number of aliphatic hydroxyl groups excluding tert-OH is 3. The highest BCUT2D eigenvalue weighted by Crippen LogP contribution is 2.32. The van der Waals surface area contributed by atoms with Gasteiger partial charge >= 0.3 is 0 Å². The SMILES string of the molecule is OC[C@H]1OC(c2cccnc2)[C@H](O)[C@@H]1O. The van der Waals surface area contributed by atoms with Gasteiger partial charge in [0.25, 0.3) is 0 Å². The van der Waals surface area contributed by atoms with E-state index in [1.54, 1.807) is 24.5 Å². The summed E-state index contributed by atoms with van der Waals surface area (Å²) in [5.74, 6) is 0. The molecule has 2 heterocycles. The lowest BCUT2D eigenvalue weighted by Crippen LogP contribution is -2.32. The molecule has 0 amide bonds. The van der Waals surface area contributed by atoms with Crippen molar-refractivity contribution in [2.45, 2.75) is 24.4 Å². The van der Waals surface area contributed by atoms with Crippen molar-refractivity contribution in [3.63, 3.8) is 0 Å². The Morgan fingerprint density at radius 3 is 2.67 bits per heavy atom. The van der Waals surface area contributed by atoms with Gasteiger partial charge in [-0.2, -0.15) is 0 Å². The zero-order chi connectivity index (χ0) is 10.8. The molecule has 82 valence electrons. The summed E-state index contributed by atoms with van der Waals surface area (Å²) in [7, 11) is 0. The van der Waals surface area contributed by atoms with Crippen molar-refractivity contribution in [3.05, 3.63) is 30.1 Å². The summed E-state index contributed by atoms with van der Waals surface area (Å²) in [4.78, 5) is 3.90. The van der Waals surface area contributed by atoms with Crippen LogP contribution >= 0.6 is 0 Å². The Balaban J connectivity index is 2.19. The van der Waals surface area contributed by atoms with Crippen LogP contribution in [0.2, 0.25) is 0 Å².